The molecule has 0 amide bonds. The topological polar surface area (TPSA) is 36.8 Å². The summed E-state index contributed by atoms with van der Waals surface area (Å²) in [6.45, 7) is 3.81. The van der Waals surface area contributed by atoms with E-state index in [1.165, 1.54) is 0 Å². The Morgan fingerprint density at radius 1 is 1.55 bits per heavy atom. The average molecular weight is 155 g/mol. The van der Waals surface area contributed by atoms with E-state index >= 15 is 0 Å². The van der Waals surface area contributed by atoms with Crippen LogP contribution in [0, 0.1) is 0 Å². The molecule has 0 heterocycles. The number of rotatable bonds is 5. The second kappa shape index (κ2) is 7.41. The Hall–Kier alpha value is -0.700. The highest BCUT2D eigenvalue weighted by molar-refractivity contribution is 6.30. The molecule has 3 nitrogen and oxygen atoms in total. The molecule has 0 aromatic rings. The van der Waals surface area contributed by atoms with Gasteiger partial charge in [0.25, 0.3) is 0 Å². The Labute approximate surface area is 68.6 Å². The maximum Gasteiger partial charge on any atom is 0.0535 e. The van der Waals surface area contributed by atoms with Crippen molar-refractivity contribution in [2.45, 2.75) is 13.3 Å². The molecule has 0 aliphatic carbocycles. The molecule has 0 atom stereocenters. The Bertz CT molecular complexity index is 138. The highest BCUT2D eigenvalue weighted by Gasteiger charge is 1.90. The minimum Gasteiger partial charge on any atom is -0.319 e. The third kappa shape index (κ3) is 5.73. The van der Waals surface area contributed by atoms with E-state index in [0.717, 1.165) is 25.2 Å². The lowest BCUT2D eigenvalue weighted by atomic mass is 10.3. The van der Waals surface area contributed by atoms with Gasteiger partial charge in [0.2, 0.25) is 0 Å². The number of hydrogen-bond acceptors (Lipinski definition) is 3. The molecule has 3 heteroatoms. The highest BCUT2D eigenvalue weighted by Crippen LogP contribution is 1.81. The van der Waals surface area contributed by atoms with Crippen molar-refractivity contribution in [3.8, 4) is 0 Å². The summed E-state index contributed by atoms with van der Waals surface area (Å²) < 4.78 is 0. The SMILES string of the molecule is CCN=CC(CCNC)=NC. The summed E-state index contributed by atoms with van der Waals surface area (Å²) in [5.41, 5.74) is 1.06. The van der Waals surface area contributed by atoms with Gasteiger partial charge in [-0.15, -0.1) is 0 Å². The van der Waals surface area contributed by atoms with Gasteiger partial charge in [0.1, 0.15) is 0 Å². The van der Waals surface area contributed by atoms with E-state index in [4.69, 9.17) is 0 Å². The second-order valence-electron chi connectivity index (χ2n) is 2.20. The van der Waals surface area contributed by atoms with Gasteiger partial charge < -0.3 is 5.32 Å². The minimum atomic E-state index is 0.832. The van der Waals surface area contributed by atoms with Gasteiger partial charge in [-0.05, 0) is 14.0 Å². The monoisotopic (exact) mass is 155 g/mol. The lowest BCUT2D eigenvalue weighted by molar-refractivity contribution is 0.826. The van der Waals surface area contributed by atoms with E-state index in [0.29, 0.717) is 0 Å². The first-order valence-corrected chi connectivity index (χ1v) is 3.95. The smallest absolute Gasteiger partial charge is 0.0535 e. The van der Waals surface area contributed by atoms with Crippen LogP contribution >= 0.6 is 0 Å². The van der Waals surface area contributed by atoms with Gasteiger partial charge in [-0.3, -0.25) is 9.98 Å². The van der Waals surface area contributed by atoms with Crippen LogP contribution in [-0.2, 0) is 0 Å². The zero-order valence-corrected chi connectivity index (χ0v) is 7.59. The highest BCUT2D eigenvalue weighted by atomic mass is 14.8. The number of nitrogens with zero attached hydrogens (tertiary/aromatic N) is 2. The summed E-state index contributed by atoms with van der Waals surface area (Å²) in [6.07, 6.45) is 2.80. The molecular weight excluding hydrogens is 138 g/mol. The van der Waals surface area contributed by atoms with Crippen LogP contribution in [0.15, 0.2) is 9.98 Å². The molecule has 0 aromatic heterocycles. The van der Waals surface area contributed by atoms with E-state index in [1.807, 2.05) is 20.2 Å². The molecule has 0 spiro atoms. The van der Waals surface area contributed by atoms with Crippen LogP contribution in [0.3, 0.4) is 0 Å². The summed E-state index contributed by atoms with van der Waals surface area (Å²) in [6, 6.07) is 0. The minimum absolute atomic E-state index is 0.832. The molecule has 0 aromatic carbocycles. The molecular formula is C8H17N3. The Kier molecular flexibility index (Phi) is 6.94. The fraction of sp³-hybridized carbons (Fsp3) is 0.750. The third-order valence-corrected chi connectivity index (χ3v) is 1.34. The predicted octanol–water partition coefficient (Wildman–Crippen LogP) is 0.757. The molecule has 11 heavy (non-hydrogen) atoms. The zero-order chi connectivity index (χ0) is 8.53. The lowest BCUT2D eigenvalue weighted by Gasteiger charge is -1.97. The van der Waals surface area contributed by atoms with Gasteiger partial charge in [0.15, 0.2) is 0 Å². The van der Waals surface area contributed by atoms with Gasteiger partial charge >= 0.3 is 0 Å². The summed E-state index contributed by atoms with van der Waals surface area (Å²) in [4.78, 5) is 8.20. The third-order valence-electron chi connectivity index (χ3n) is 1.34. The van der Waals surface area contributed by atoms with E-state index in [2.05, 4.69) is 15.3 Å². The predicted molar refractivity (Wildman–Crippen MR) is 50.9 cm³/mol. The first-order chi connectivity index (χ1) is 5.35. The van der Waals surface area contributed by atoms with E-state index in [-0.39, 0.29) is 0 Å². The first-order valence-electron chi connectivity index (χ1n) is 3.95. The van der Waals surface area contributed by atoms with Crippen molar-refractivity contribution in [2.24, 2.45) is 9.98 Å². The first kappa shape index (κ1) is 10.3. The van der Waals surface area contributed by atoms with Crippen LogP contribution in [0.25, 0.3) is 0 Å². The van der Waals surface area contributed by atoms with Crippen LogP contribution in [0.1, 0.15) is 13.3 Å². The lowest BCUT2D eigenvalue weighted by Crippen LogP contribution is -2.13. The van der Waals surface area contributed by atoms with Gasteiger partial charge in [0, 0.05) is 32.8 Å². The molecule has 0 rings (SSSR count). The standard InChI is InChI=1S/C8H17N3/c1-4-11-7-8(10-3)5-6-9-2/h7,9H,4-6H2,1-3H3. The van der Waals surface area contributed by atoms with E-state index in [1.54, 1.807) is 7.05 Å². The van der Waals surface area contributed by atoms with Gasteiger partial charge in [0.05, 0.1) is 5.71 Å². The van der Waals surface area contributed by atoms with E-state index < -0.39 is 0 Å². The van der Waals surface area contributed by atoms with Gasteiger partial charge in [-0.2, -0.15) is 0 Å². The molecule has 0 aliphatic rings. The van der Waals surface area contributed by atoms with Crippen LogP contribution < -0.4 is 5.32 Å². The van der Waals surface area contributed by atoms with Crippen LogP contribution in [-0.4, -0.2) is 39.1 Å². The maximum atomic E-state index is 4.11. The average Bonchev–Trinajstić information content (AvgIpc) is 2.05. The number of nitrogens with one attached hydrogen (secondary N) is 1. The second-order valence-corrected chi connectivity index (χ2v) is 2.20. The quantitative estimate of drug-likeness (QED) is 0.585. The van der Waals surface area contributed by atoms with Crippen LogP contribution in [0.5, 0.6) is 0 Å². The van der Waals surface area contributed by atoms with Crippen LogP contribution in [0.4, 0.5) is 0 Å². The molecule has 0 saturated heterocycles. The molecule has 0 fully saturated rings. The Morgan fingerprint density at radius 3 is 2.73 bits per heavy atom. The van der Waals surface area contributed by atoms with Gasteiger partial charge in [-0.1, -0.05) is 0 Å². The van der Waals surface area contributed by atoms with Crippen molar-refractivity contribution in [1.29, 1.82) is 0 Å². The molecule has 0 bridgehead atoms. The van der Waals surface area contributed by atoms with E-state index in [9.17, 15) is 0 Å². The molecule has 64 valence electrons. The van der Waals surface area contributed by atoms with Crippen molar-refractivity contribution in [3.63, 3.8) is 0 Å². The molecule has 0 aliphatic heterocycles. The maximum absolute atomic E-state index is 4.11. The van der Waals surface area contributed by atoms with Crippen LogP contribution in [0.2, 0.25) is 0 Å². The van der Waals surface area contributed by atoms with Crippen molar-refractivity contribution in [2.75, 3.05) is 27.2 Å². The molecule has 1 N–H and O–H groups in total. The molecule has 0 saturated carbocycles. The number of hydrogen-bond donors (Lipinski definition) is 1. The van der Waals surface area contributed by atoms with Crippen molar-refractivity contribution in [1.82, 2.24) is 5.32 Å². The summed E-state index contributed by atoms with van der Waals surface area (Å²) in [5, 5.41) is 3.07. The largest absolute Gasteiger partial charge is 0.319 e. The summed E-state index contributed by atoms with van der Waals surface area (Å²) >= 11 is 0. The summed E-state index contributed by atoms with van der Waals surface area (Å²) in [5.74, 6) is 0. The van der Waals surface area contributed by atoms with Gasteiger partial charge in [-0.25, -0.2) is 0 Å². The zero-order valence-electron chi connectivity index (χ0n) is 7.59. The molecule has 0 radical (unpaired) electrons. The fourth-order valence-electron chi connectivity index (χ4n) is 0.684. The summed E-state index contributed by atoms with van der Waals surface area (Å²) in [7, 11) is 3.73. The fourth-order valence-corrected chi connectivity index (χ4v) is 0.684. The normalized spacial score (nSPS) is 12.8. The van der Waals surface area contributed by atoms with Crippen molar-refractivity contribution >= 4 is 11.9 Å². The van der Waals surface area contributed by atoms with Crippen molar-refractivity contribution in [3.05, 3.63) is 0 Å². The van der Waals surface area contributed by atoms with Crippen molar-refractivity contribution < 1.29 is 0 Å². The molecule has 0 unspecified atom stereocenters. The Balaban J connectivity index is 3.68. The number of aliphatic imine (C=N–C) groups is 2. The Morgan fingerprint density at radius 2 is 2.27 bits per heavy atom.